The number of carbonyl (C=O) groups excluding carboxylic acids is 2. The number of ether oxygens (including phenoxy) is 1. The van der Waals surface area contributed by atoms with Gasteiger partial charge in [0, 0.05) is 44.3 Å². The van der Waals surface area contributed by atoms with E-state index in [2.05, 4.69) is 10.6 Å². The second-order valence-electron chi connectivity index (χ2n) is 6.76. The summed E-state index contributed by atoms with van der Waals surface area (Å²) >= 11 is 0. The molecule has 1 aromatic carbocycles. The summed E-state index contributed by atoms with van der Waals surface area (Å²) in [5.74, 6) is -0.109. The maximum atomic E-state index is 12.4. The van der Waals surface area contributed by atoms with Gasteiger partial charge >= 0.3 is 6.03 Å². The third kappa shape index (κ3) is 3.70. The summed E-state index contributed by atoms with van der Waals surface area (Å²) in [5, 5.41) is 5.56. The quantitative estimate of drug-likeness (QED) is 0.886. The summed E-state index contributed by atoms with van der Waals surface area (Å²) < 4.78 is 5.61. The van der Waals surface area contributed by atoms with Crippen molar-refractivity contribution in [3.05, 3.63) is 35.4 Å². The second-order valence-corrected chi connectivity index (χ2v) is 6.76. The number of hydrogen-bond acceptors (Lipinski definition) is 3. The largest absolute Gasteiger partial charge is 0.381 e. The molecule has 6 nitrogen and oxygen atoms in total. The first-order chi connectivity index (χ1) is 11.6. The van der Waals surface area contributed by atoms with Crippen LogP contribution in [0.1, 0.15) is 35.2 Å². The van der Waals surface area contributed by atoms with E-state index >= 15 is 0 Å². The smallest absolute Gasteiger partial charge is 0.317 e. The van der Waals surface area contributed by atoms with Gasteiger partial charge in [0.25, 0.3) is 5.91 Å². The maximum Gasteiger partial charge on any atom is 0.317 e. The highest BCUT2D eigenvalue weighted by Crippen LogP contribution is 2.37. The Balaban J connectivity index is 1.50. The summed E-state index contributed by atoms with van der Waals surface area (Å²) in [6.45, 7) is 3.67. The predicted molar refractivity (Wildman–Crippen MR) is 90.7 cm³/mol. The van der Waals surface area contributed by atoms with Crippen LogP contribution in [0.5, 0.6) is 0 Å². The van der Waals surface area contributed by atoms with Crippen LogP contribution in [0.3, 0.4) is 0 Å². The van der Waals surface area contributed by atoms with Gasteiger partial charge in [-0.2, -0.15) is 0 Å². The van der Waals surface area contributed by atoms with Crippen molar-refractivity contribution in [2.75, 3.05) is 33.4 Å². The lowest BCUT2D eigenvalue weighted by molar-refractivity contribution is -0.000438. The van der Waals surface area contributed by atoms with E-state index < -0.39 is 0 Å². The Labute approximate surface area is 142 Å². The number of rotatable bonds is 3. The lowest BCUT2D eigenvalue weighted by atomic mass is 9.82. The Hall–Kier alpha value is -2.08. The fraction of sp³-hybridized carbons (Fsp3) is 0.556. The fourth-order valence-electron chi connectivity index (χ4n) is 3.55. The molecule has 0 saturated carbocycles. The molecule has 1 spiro atoms. The molecule has 2 aliphatic rings. The van der Waals surface area contributed by atoms with Gasteiger partial charge in [-0.3, -0.25) is 4.79 Å². The van der Waals surface area contributed by atoms with Crippen LogP contribution in [0.25, 0.3) is 0 Å². The molecule has 0 aliphatic carbocycles. The highest BCUT2D eigenvalue weighted by Gasteiger charge is 2.41. The standard InChI is InChI=1S/C18H25N3O3/c1-19-16(22)15-5-3-14(4-6-15)11-20-17(23)21-9-8-18(12-21)7-2-10-24-13-18/h3-6H,2,7-13H2,1H3,(H,19,22)(H,20,23). The number of carbonyl (C=O) groups is 2. The van der Waals surface area contributed by atoms with Crippen LogP contribution in [0.2, 0.25) is 0 Å². The molecule has 24 heavy (non-hydrogen) atoms. The Kier molecular flexibility index (Phi) is 5.04. The van der Waals surface area contributed by atoms with Crippen molar-refractivity contribution >= 4 is 11.9 Å². The molecule has 2 aliphatic heterocycles. The van der Waals surface area contributed by atoms with Crippen molar-refractivity contribution in [2.45, 2.75) is 25.8 Å². The zero-order valence-corrected chi connectivity index (χ0v) is 14.1. The molecule has 6 heteroatoms. The van der Waals surface area contributed by atoms with Gasteiger partial charge in [-0.15, -0.1) is 0 Å². The molecule has 3 rings (SSSR count). The predicted octanol–water partition coefficient (Wildman–Crippen LogP) is 1.76. The van der Waals surface area contributed by atoms with E-state index in [-0.39, 0.29) is 17.4 Å². The minimum atomic E-state index is -0.109. The van der Waals surface area contributed by atoms with Gasteiger partial charge in [-0.1, -0.05) is 12.1 Å². The van der Waals surface area contributed by atoms with Crippen LogP contribution in [0.15, 0.2) is 24.3 Å². The van der Waals surface area contributed by atoms with Gasteiger partial charge in [-0.25, -0.2) is 4.79 Å². The van der Waals surface area contributed by atoms with Crippen molar-refractivity contribution in [2.24, 2.45) is 5.41 Å². The van der Waals surface area contributed by atoms with Crippen LogP contribution in [0.4, 0.5) is 4.79 Å². The Morgan fingerprint density at radius 2 is 2.04 bits per heavy atom. The van der Waals surface area contributed by atoms with Gasteiger partial charge < -0.3 is 20.3 Å². The molecule has 0 bridgehead atoms. The molecule has 2 N–H and O–H groups in total. The fourth-order valence-corrected chi connectivity index (χ4v) is 3.55. The average molecular weight is 331 g/mol. The van der Waals surface area contributed by atoms with Gasteiger partial charge in [0.1, 0.15) is 0 Å². The van der Waals surface area contributed by atoms with Crippen molar-refractivity contribution in [1.29, 1.82) is 0 Å². The summed E-state index contributed by atoms with van der Waals surface area (Å²) in [7, 11) is 1.61. The van der Waals surface area contributed by atoms with E-state index in [1.54, 1.807) is 19.2 Å². The maximum absolute atomic E-state index is 12.4. The summed E-state index contributed by atoms with van der Waals surface area (Å²) in [5.41, 5.74) is 1.77. The normalized spacial score (nSPS) is 23.3. The van der Waals surface area contributed by atoms with Gasteiger partial charge in [-0.05, 0) is 37.0 Å². The zero-order valence-electron chi connectivity index (χ0n) is 14.1. The lowest BCUT2D eigenvalue weighted by Gasteiger charge is -2.32. The Bertz CT molecular complexity index is 594. The molecule has 2 heterocycles. The molecule has 0 aromatic heterocycles. The third-order valence-electron chi connectivity index (χ3n) is 5.02. The molecular formula is C18H25N3O3. The van der Waals surface area contributed by atoms with Crippen molar-refractivity contribution in [3.63, 3.8) is 0 Å². The summed E-state index contributed by atoms with van der Waals surface area (Å²) in [6.07, 6.45) is 3.27. The first-order valence-corrected chi connectivity index (χ1v) is 8.53. The third-order valence-corrected chi connectivity index (χ3v) is 5.02. The van der Waals surface area contributed by atoms with Crippen LogP contribution < -0.4 is 10.6 Å². The van der Waals surface area contributed by atoms with E-state index in [0.717, 1.165) is 51.1 Å². The van der Waals surface area contributed by atoms with E-state index in [1.807, 2.05) is 17.0 Å². The summed E-state index contributed by atoms with van der Waals surface area (Å²) in [4.78, 5) is 25.8. The van der Waals surface area contributed by atoms with E-state index in [0.29, 0.717) is 12.1 Å². The molecule has 1 atom stereocenters. The topological polar surface area (TPSA) is 70.7 Å². The molecule has 2 fully saturated rings. The van der Waals surface area contributed by atoms with E-state index in [9.17, 15) is 9.59 Å². The molecular weight excluding hydrogens is 306 g/mol. The average Bonchev–Trinajstić information content (AvgIpc) is 3.03. The van der Waals surface area contributed by atoms with Gasteiger partial charge in [0.15, 0.2) is 0 Å². The number of nitrogens with zero attached hydrogens (tertiary/aromatic N) is 1. The number of benzene rings is 1. The van der Waals surface area contributed by atoms with Crippen molar-refractivity contribution in [3.8, 4) is 0 Å². The minimum absolute atomic E-state index is 0.0205. The van der Waals surface area contributed by atoms with Crippen LogP contribution in [0, 0.1) is 5.41 Å². The molecule has 3 amide bonds. The van der Waals surface area contributed by atoms with Crippen LogP contribution >= 0.6 is 0 Å². The highest BCUT2D eigenvalue weighted by atomic mass is 16.5. The van der Waals surface area contributed by atoms with Crippen LogP contribution in [-0.4, -0.2) is 50.2 Å². The number of likely N-dealkylation sites (tertiary alicyclic amines) is 1. The molecule has 0 radical (unpaired) electrons. The first kappa shape index (κ1) is 16.8. The Morgan fingerprint density at radius 3 is 2.71 bits per heavy atom. The number of urea groups is 1. The SMILES string of the molecule is CNC(=O)c1ccc(CNC(=O)N2CCC3(CCCOC3)C2)cc1. The van der Waals surface area contributed by atoms with E-state index in [1.165, 1.54) is 0 Å². The summed E-state index contributed by atoms with van der Waals surface area (Å²) in [6, 6.07) is 7.25. The van der Waals surface area contributed by atoms with Crippen molar-refractivity contribution in [1.82, 2.24) is 15.5 Å². The second kappa shape index (κ2) is 7.21. The number of nitrogens with one attached hydrogen (secondary N) is 2. The van der Waals surface area contributed by atoms with Crippen LogP contribution in [-0.2, 0) is 11.3 Å². The zero-order chi connectivity index (χ0) is 17.0. The molecule has 2 saturated heterocycles. The Morgan fingerprint density at radius 1 is 1.25 bits per heavy atom. The molecule has 1 unspecified atom stereocenters. The van der Waals surface area contributed by atoms with Gasteiger partial charge in [0.2, 0.25) is 0 Å². The van der Waals surface area contributed by atoms with E-state index in [4.69, 9.17) is 4.74 Å². The highest BCUT2D eigenvalue weighted by molar-refractivity contribution is 5.93. The molecule has 130 valence electrons. The minimum Gasteiger partial charge on any atom is -0.381 e. The van der Waals surface area contributed by atoms with Gasteiger partial charge in [0.05, 0.1) is 6.61 Å². The number of hydrogen-bond donors (Lipinski definition) is 2. The monoisotopic (exact) mass is 331 g/mol. The first-order valence-electron chi connectivity index (χ1n) is 8.53. The molecule has 1 aromatic rings. The van der Waals surface area contributed by atoms with Crippen molar-refractivity contribution < 1.29 is 14.3 Å². The number of amides is 3. The lowest BCUT2D eigenvalue weighted by Crippen LogP contribution is -2.41.